The molecule has 0 aliphatic carbocycles. The minimum atomic E-state index is -0.829. The van der Waals surface area contributed by atoms with Gasteiger partial charge in [0.05, 0.1) is 0 Å². The highest BCUT2D eigenvalue weighted by molar-refractivity contribution is 6.01. The van der Waals surface area contributed by atoms with E-state index < -0.39 is 36.2 Å². The highest BCUT2D eigenvalue weighted by Crippen LogP contribution is 2.16. The van der Waals surface area contributed by atoms with Crippen LogP contribution in [0.4, 0.5) is 5.82 Å². The second-order valence-corrected chi connectivity index (χ2v) is 7.53. The lowest BCUT2D eigenvalue weighted by Gasteiger charge is -2.16. The average Bonchev–Trinajstić information content (AvgIpc) is 2.69. The van der Waals surface area contributed by atoms with Gasteiger partial charge >= 0.3 is 11.7 Å². The molecule has 30 heavy (non-hydrogen) atoms. The van der Waals surface area contributed by atoms with Crippen molar-refractivity contribution in [3.8, 4) is 5.75 Å². The number of nitrogen functional groups attached to an aromatic ring is 1. The van der Waals surface area contributed by atoms with E-state index >= 15 is 0 Å². The quantitative estimate of drug-likeness (QED) is 0.506. The Morgan fingerprint density at radius 1 is 1.10 bits per heavy atom. The number of aromatic nitrogens is 2. The van der Waals surface area contributed by atoms with Crippen molar-refractivity contribution in [3.63, 3.8) is 0 Å². The first kappa shape index (κ1) is 22.9. The summed E-state index contributed by atoms with van der Waals surface area (Å²) in [6.07, 6.45) is 0. The summed E-state index contributed by atoms with van der Waals surface area (Å²) in [6.45, 7) is 6.78. The summed E-state index contributed by atoms with van der Waals surface area (Å²) in [4.78, 5) is 49.1. The number of ketones is 1. The minimum Gasteiger partial charge on any atom is -0.482 e. The van der Waals surface area contributed by atoms with Crippen LogP contribution in [0.1, 0.15) is 35.3 Å². The van der Waals surface area contributed by atoms with Crippen LogP contribution in [0, 0.1) is 19.8 Å². The SMILES string of the molecule is Cc1ccc(OCC(=O)OCC(=O)c2c(N)n(CC(C)C)c(=O)n(C)c2=O)cc1C. The number of hydrogen-bond donors (Lipinski definition) is 1. The van der Waals surface area contributed by atoms with E-state index in [1.807, 2.05) is 33.8 Å². The number of rotatable bonds is 8. The van der Waals surface area contributed by atoms with Gasteiger partial charge in [-0.3, -0.25) is 18.7 Å². The zero-order chi connectivity index (χ0) is 22.6. The number of Topliss-reactive ketones (excluding diaryl/α,β-unsaturated/α-hetero) is 1. The van der Waals surface area contributed by atoms with Crippen molar-refractivity contribution >= 4 is 17.6 Å². The highest BCUT2D eigenvalue weighted by Gasteiger charge is 2.23. The summed E-state index contributed by atoms with van der Waals surface area (Å²) in [5.41, 5.74) is 6.23. The number of carbonyl (C=O) groups is 2. The van der Waals surface area contributed by atoms with Crippen LogP contribution in [-0.2, 0) is 23.1 Å². The Hall–Kier alpha value is -3.36. The van der Waals surface area contributed by atoms with Gasteiger partial charge in [0, 0.05) is 13.6 Å². The summed E-state index contributed by atoms with van der Waals surface area (Å²) in [7, 11) is 1.27. The van der Waals surface area contributed by atoms with Gasteiger partial charge in [-0.25, -0.2) is 9.59 Å². The fraction of sp³-hybridized carbons (Fsp3) is 0.429. The molecule has 0 saturated carbocycles. The molecule has 0 bridgehead atoms. The van der Waals surface area contributed by atoms with Crippen molar-refractivity contribution in [2.45, 2.75) is 34.2 Å². The average molecular weight is 417 g/mol. The van der Waals surface area contributed by atoms with Crippen LogP contribution in [0.3, 0.4) is 0 Å². The first-order valence-corrected chi connectivity index (χ1v) is 9.51. The Balaban J connectivity index is 2.09. The van der Waals surface area contributed by atoms with Crippen molar-refractivity contribution < 1.29 is 19.1 Å². The molecule has 0 atom stereocenters. The molecule has 0 aliphatic heterocycles. The number of anilines is 1. The molecule has 2 aromatic rings. The van der Waals surface area contributed by atoms with Crippen molar-refractivity contribution in [3.05, 3.63) is 55.7 Å². The van der Waals surface area contributed by atoms with E-state index in [2.05, 4.69) is 0 Å². The molecular formula is C21H27N3O6. The molecule has 0 amide bonds. The summed E-state index contributed by atoms with van der Waals surface area (Å²) in [5, 5.41) is 0. The van der Waals surface area contributed by atoms with E-state index in [1.165, 1.54) is 11.6 Å². The van der Waals surface area contributed by atoms with Crippen LogP contribution < -0.4 is 21.7 Å². The smallest absolute Gasteiger partial charge is 0.344 e. The minimum absolute atomic E-state index is 0.0610. The molecule has 1 heterocycles. The monoisotopic (exact) mass is 417 g/mol. The van der Waals surface area contributed by atoms with Crippen LogP contribution in [0.15, 0.2) is 27.8 Å². The van der Waals surface area contributed by atoms with Gasteiger partial charge in [0.2, 0.25) is 5.78 Å². The van der Waals surface area contributed by atoms with Crippen molar-refractivity contribution in [2.75, 3.05) is 18.9 Å². The third-order valence-electron chi connectivity index (χ3n) is 4.61. The summed E-state index contributed by atoms with van der Waals surface area (Å²) >= 11 is 0. The zero-order valence-corrected chi connectivity index (χ0v) is 17.9. The molecule has 0 aliphatic rings. The maximum Gasteiger partial charge on any atom is 0.344 e. The second-order valence-electron chi connectivity index (χ2n) is 7.53. The molecule has 9 nitrogen and oxygen atoms in total. The number of aryl methyl sites for hydroxylation is 2. The maximum atomic E-state index is 12.5. The van der Waals surface area contributed by atoms with E-state index in [9.17, 15) is 19.2 Å². The third-order valence-corrected chi connectivity index (χ3v) is 4.61. The first-order valence-electron chi connectivity index (χ1n) is 9.51. The van der Waals surface area contributed by atoms with Crippen LogP contribution in [0.25, 0.3) is 0 Å². The Morgan fingerprint density at radius 3 is 2.37 bits per heavy atom. The van der Waals surface area contributed by atoms with Gasteiger partial charge in [0.25, 0.3) is 5.56 Å². The lowest BCUT2D eigenvalue weighted by Crippen LogP contribution is -2.43. The van der Waals surface area contributed by atoms with E-state index in [0.29, 0.717) is 5.75 Å². The van der Waals surface area contributed by atoms with Crippen LogP contribution in [0.2, 0.25) is 0 Å². The van der Waals surface area contributed by atoms with E-state index in [1.54, 1.807) is 12.1 Å². The van der Waals surface area contributed by atoms with E-state index in [4.69, 9.17) is 15.2 Å². The van der Waals surface area contributed by atoms with Gasteiger partial charge in [-0.05, 0) is 43.0 Å². The first-order chi connectivity index (χ1) is 14.0. The Bertz CT molecular complexity index is 1080. The van der Waals surface area contributed by atoms with Gasteiger partial charge in [0.1, 0.15) is 17.1 Å². The maximum absolute atomic E-state index is 12.5. The summed E-state index contributed by atoms with van der Waals surface area (Å²) in [6, 6.07) is 5.38. The molecule has 2 N–H and O–H groups in total. The molecule has 0 radical (unpaired) electrons. The summed E-state index contributed by atoms with van der Waals surface area (Å²) in [5.74, 6) is -1.23. The Labute approximate surface area is 174 Å². The lowest BCUT2D eigenvalue weighted by molar-refractivity contribution is -0.144. The summed E-state index contributed by atoms with van der Waals surface area (Å²) < 4.78 is 12.3. The predicted octanol–water partition coefficient (Wildman–Crippen LogP) is 1.21. The number of benzene rings is 1. The Morgan fingerprint density at radius 2 is 1.77 bits per heavy atom. The van der Waals surface area contributed by atoms with E-state index in [-0.39, 0.29) is 23.8 Å². The fourth-order valence-corrected chi connectivity index (χ4v) is 2.79. The van der Waals surface area contributed by atoms with Gasteiger partial charge < -0.3 is 15.2 Å². The fourth-order valence-electron chi connectivity index (χ4n) is 2.79. The van der Waals surface area contributed by atoms with Gasteiger partial charge in [0.15, 0.2) is 13.2 Å². The number of nitrogens with zero attached hydrogens (tertiary/aromatic N) is 2. The normalized spacial score (nSPS) is 10.9. The van der Waals surface area contributed by atoms with Crippen molar-refractivity contribution in [1.29, 1.82) is 0 Å². The standard InChI is InChI=1S/C21H27N3O6/c1-12(2)9-24-19(22)18(20(27)23(5)21(24)28)16(25)10-30-17(26)11-29-15-7-6-13(3)14(4)8-15/h6-8,12H,9-11,22H2,1-5H3. The number of esters is 1. The van der Waals surface area contributed by atoms with Crippen molar-refractivity contribution in [2.24, 2.45) is 13.0 Å². The molecule has 0 fully saturated rings. The molecular weight excluding hydrogens is 390 g/mol. The molecule has 0 saturated heterocycles. The predicted molar refractivity (Wildman–Crippen MR) is 112 cm³/mol. The number of hydrogen-bond acceptors (Lipinski definition) is 7. The molecule has 1 aromatic carbocycles. The number of ether oxygens (including phenoxy) is 2. The number of nitrogens with two attached hydrogens (primary N) is 1. The van der Waals surface area contributed by atoms with Crippen LogP contribution in [0.5, 0.6) is 5.75 Å². The molecule has 0 spiro atoms. The van der Waals surface area contributed by atoms with E-state index in [0.717, 1.165) is 15.7 Å². The zero-order valence-electron chi connectivity index (χ0n) is 17.9. The molecule has 2 rings (SSSR count). The van der Waals surface area contributed by atoms with Gasteiger partial charge in [-0.1, -0.05) is 19.9 Å². The van der Waals surface area contributed by atoms with Crippen LogP contribution >= 0.6 is 0 Å². The Kier molecular flexibility index (Phi) is 7.20. The number of carbonyl (C=O) groups excluding carboxylic acids is 2. The molecule has 1 aromatic heterocycles. The van der Waals surface area contributed by atoms with Crippen LogP contribution in [-0.4, -0.2) is 34.1 Å². The molecule has 162 valence electrons. The topological polar surface area (TPSA) is 123 Å². The molecule has 0 unspecified atom stereocenters. The van der Waals surface area contributed by atoms with Crippen molar-refractivity contribution in [1.82, 2.24) is 9.13 Å². The lowest BCUT2D eigenvalue weighted by atomic mass is 10.1. The van der Waals surface area contributed by atoms with Gasteiger partial charge in [-0.15, -0.1) is 0 Å². The third kappa shape index (κ3) is 5.16. The molecule has 9 heteroatoms. The highest BCUT2D eigenvalue weighted by atomic mass is 16.6. The van der Waals surface area contributed by atoms with Gasteiger partial charge in [-0.2, -0.15) is 0 Å². The second kappa shape index (κ2) is 9.43. The largest absolute Gasteiger partial charge is 0.482 e.